The molecule has 1 aromatic rings. The van der Waals surface area contributed by atoms with Crippen LogP contribution in [0.25, 0.3) is 0 Å². The zero-order valence-corrected chi connectivity index (χ0v) is 9.83. The Morgan fingerprint density at radius 1 is 1.21 bits per heavy atom. The number of aromatic hydroxyl groups is 1. The highest BCUT2D eigenvalue weighted by Gasteiger charge is 2.18. The standard InChI is InChI=1S/C12H21NO/c1-6-13-7-10(8(2)3)11(9(4)5)12(13)14/h7-9,14H,6H2,1-5H3. The minimum Gasteiger partial charge on any atom is -0.494 e. The number of nitrogens with zero attached hydrogens (tertiary/aromatic N) is 1. The van der Waals surface area contributed by atoms with Gasteiger partial charge < -0.3 is 9.67 Å². The summed E-state index contributed by atoms with van der Waals surface area (Å²) in [5, 5.41) is 9.99. The fourth-order valence-corrected chi connectivity index (χ4v) is 1.88. The van der Waals surface area contributed by atoms with E-state index in [0.29, 0.717) is 17.7 Å². The van der Waals surface area contributed by atoms with E-state index in [-0.39, 0.29) is 0 Å². The van der Waals surface area contributed by atoms with E-state index >= 15 is 0 Å². The summed E-state index contributed by atoms with van der Waals surface area (Å²) < 4.78 is 1.92. The summed E-state index contributed by atoms with van der Waals surface area (Å²) in [6, 6.07) is 0. The molecule has 1 N–H and O–H groups in total. The van der Waals surface area contributed by atoms with E-state index < -0.39 is 0 Å². The lowest BCUT2D eigenvalue weighted by molar-refractivity contribution is 0.413. The predicted molar refractivity (Wildman–Crippen MR) is 59.9 cm³/mol. The van der Waals surface area contributed by atoms with E-state index in [1.165, 1.54) is 5.56 Å². The number of hydrogen-bond donors (Lipinski definition) is 1. The summed E-state index contributed by atoms with van der Waals surface area (Å²) in [4.78, 5) is 0. The molecular weight excluding hydrogens is 174 g/mol. The van der Waals surface area contributed by atoms with Gasteiger partial charge in [0.25, 0.3) is 0 Å². The smallest absolute Gasteiger partial charge is 0.194 e. The molecule has 0 aliphatic carbocycles. The van der Waals surface area contributed by atoms with Crippen molar-refractivity contribution in [2.24, 2.45) is 0 Å². The van der Waals surface area contributed by atoms with Gasteiger partial charge in [0.1, 0.15) is 0 Å². The van der Waals surface area contributed by atoms with Crippen molar-refractivity contribution in [3.05, 3.63) is 17.3 Å². The van der Waals surface area contributed by atoms with Crippen LogP contribution in [-0.4, -0.2) is 9.67 Å². The van der Waals surface area contributed by atoms with Gasteiger partial charge in [0.05, 0.1) is 0 Å². The second-order valence-corrected chi connectivity index (χ2v) is 4.42. The van der Waals surface area contributed by atoms with E-state index in [1.807, 2.05) is 11.5 Å². The van der Waals surface area contributed by atoms with Crippen molar-refractivity contribution in [2.75, 3.05) is 0 Å². The van der Waals surface area contributed by atoms with E-state index in [0.717, 1.165) is 12.1 Å². The largest absolute Gasteiger partial charge is 0.494 e. The molecule has 0 radical (unpaired) electrons. The third-order valence-corrected chi connectivity index (χ3v) is 2.66. The quantitative estimate of drug-likeness (QED) is 0.785. The molecule has 80 valence electrons. The average Bonchev–Trinajstić information content (AvgIpc) is 2.42. The molecule has 0 atom stereocenters. The highest BCUT2D eigenvalue weighted by Crippen LogP contribution is 2.35. The van der Waals surface area contributed by atoms with Gasteiger partial charge in [-0.05, 0) is 24.3 Å². The molecule has 2 nitrogen and oxygen atoms in total. The highest BCUT2D eigenvalue weighted by atomic mass is 16.3. The van der Waals surface area contributed by atoms with Crippen LogP contribution < -0.4 is 0 Å². The van der Waals surface area contributed by atoms with Crippen LogP contribution in [0.3, 0.4) is 0 Å². The Morgan fingerprint density at radius 2 is 1.79 bits per heavy atom. The first-order chi connectivity index (χ1) is 6.49. The molecule has 0 amide bonds. The Balaban J connectivity index is 3.27. The average molecular weight is 195 g/mol. The van der Waals surface area contributed by atoms with Crippen molar-refractivity contribution in [1.82, 2.24) is 4.57 Å². The topological polar surface area (TPSA) is 25.2 Å². The molecule has 0 fully saturated rings. The maximum Gasteiger partial charge on any atom is 0.194 e. The fraction of sp³-hybridized carbons (Fsp3) is 0.667. The van der Waals surface area contributed by atoms with Gasteiger partial charge in [0.15, 0.2) is 5.88 Å². The number of hydrogen-bond acceptors (Lipinski definition) is 1. The van der Waals surface area contributed by atoms with Crippen molar-refractivity contribution >= 4 is 0 Å². The fourth-order valence-electron chi connectivity index (χ4n) is 1.88. The molecule has 0 saturated carbocycles. The molecule has 0 aliphatic heterocycles. The lowest BCUT2D eigenvalue weighted by atomic mass is 9.95. The van der Waals surface area contributed by atoms with Gasteiger partial charge in [0, 0.05) is 18.3 Å². The number of rotatable bonds is 3. The molecule has 1 rings (SSSR count). The van der Waals surface area contributed by atoms with Gasteiger partial charge in [-0.15, -0.1) is 0 Å². The molecule has 0 bridgehead atoms. The lowest BCUT2D eigenvalue weighted by Crippen LogP contribution is -1.94. The van der Waals surface area contributed by atoms with Crippen LogP contribution in [0.5, 0.6) is 5.88 Å². The van der Waals surface area contributed by atoms with Gasteiger partial charge in [-0.3, -0.25) is 0 Å². The second kappa shape index (κ2) is 4.07. The third kappa shape index (κ3) is 1.79. The molecule has 1 aromatic heterocycles. The lowest BCUT2D eigenvalue weighted by Gasteiger charge is -2.10. The zero-order chi connectivity index (χ0) is 10.9. The van der Waals surface area contributed by atoms with E-state index in [9.17, 15) is 5.11 Å². The van der Waals surface area contributed by atoms with Crippen LogP contribution in [0.15, 0.2) is 6.20 Å². The summed E-state index contributed by atoms with van der Waals surface area (Å²) in [5.41, 5.74) is 2.39. The Labute approximate surface area is 86.6 Å². The van der Waals surface area contributed by atoms with E-state index in [1.54, 1.807) is 0 Å². The Hall–Kier alpha value is -0.920. The van der Waals surface area contributed by atoms with Crippen LogP contribution in [0.2, 0.25) is 0 Å². The molecular formula is C12H21NO. The Morgan fingerprint density at radius 3 is 2.07 bits per heavy atom. The summed E-state index contributed by atoms with van der Waals surface area (Å²) >= 11 is 0. The monoisotopic (exact) mass is 195 g/mol. The van der Waals surface area contributed by atoms with Crippen molar-refractivity contribution in [3.8, 4) is 5.88 Å². The first kappa shape index (κ1) is 11.2. The maximum atomic E-state index is 9.99. The van der Waals surface area contributed by atoms with Crippen LogP contribution in [-0.2, 0) is 6.54 Å². The van der Waals surface area contributed by atoms with E-state index in [4.69, 9.17) is 0 Å². The van der Waals surface area contributed by atoms with Crippen LogP contribution >= 0.6 is 0 Å². The molecule has 0 aromatic carbocycles. The maximum absolute atomic E-state index is 9.99. The minimum atomic E-state index is 0.389. The molecule has 2 heteroatoms. The van der Waals surface area contributed by atoms with E-state index in [2.05, 4.69) is 33.9 Å². The molecule has 1 heterocycles. The second-order valence-electron chi connectivity index (χ2n) is 4.42. The predicted octanol–water partition coefficient (Wildman–Crippen LogP) is 3.46. The number of aryl methyl sites for hydroxylation is 1. The van der Waals surface area contributed by atoms with Crippen LogP contribution in [0, 0.1) is 0 Å². The summed E-state index contributed by atoms with van der Waals surface area (Å²) in [6.45, 7) is 11.5. The molecule has 0 spiro atoms. The SMILES string of the molecule is CCn1cc(C(C)C)c(C(C)C)c1O. The highest BCUT2D eigenvalue weighted by molar-refractivity contribution is 5.40. The number of aromatic nitrogens is 1. The van der Waals surface area contributed by atoms with Crippen LogP contribution in [0.1, 0.15) is 57.6 Å². The molecule has 0 aliphatic rings. The molecule has 0 unspecified atom stereocenters. The Kier molecular flexibility index (Phi) is 3.25. The van der Waals surface area contributed by atoms with Crippen LogP contribution in [0.4, 0.5) is 0 Å². The van der Waals surface area contributed by atoms with Gasteiger partial charge in [-0.2, -0.15) is 0 Å². The van der Waals surface area contributed by atoms with Crippen molar-refractivity contribution in [1.29, 1.82) is 0 Å². The van der Waals surface area contributed by atoms with Gasteiger partial charge in [-0.1, -0.05) is 27.7 Å². The first-order valence-electron chi connectivity index (χ1n) is 5.40. The van der Waals surface area contributed by atoms with Crippen molar-refractivity contribution in [2.45, 2.75) is 53.0 Å². The Bertz CT molecular complexity index is 310. The minimum absolute atomic E-state index is 0.389. The van der Waals surface area contributed by atoms with Crippen molar-refractivity contribution < 1.29 is 5.11 Å². The zero-order valence-electron chi connectivity index (χ0n) is 9.83. The van der Waals surface area contributed by atoms with Gasteiger partial charge in [0.2, 0.25) is 0 Å². The normalized spacial score (nSPS) is 11.6. The summed E-state index contributed by atoms with van der Waals surface area (Å²) in [7, 11) is 0. The van der Waals surface area contributed by atoms with Crippen molar-refractivity contribution in [3.63, 3.8) is 0 Å². The summed E-state index contributed by atoms with van der Waals surface area (Å²) in [6.07, 6.45) is 2.08. The van der Waals surface area contributed by atoms with Gasteiger partial charge in [-0.25, -0.2) is 0 Å². The summed E-state index contributed by atoms with van der Waals surface area (Å²) in [5.74, 6) is 1.32. The third-order valence-electron chi connectivity index (χ3n) is 2.66. The molecule has 0 saturated heterocycles. The first-order valence-corrected chi connectivity index (χ1v) is 5.40. The van der Waals surface area contributed by atoms with Gasteiger partial charge >= 0.3 is 0 Å². The molecule has 14 heavy (non-hydrogen) atoms.